The largest absolute Gasteiger partial charge is 0.480 e. The molecule has 0 spiro atoms. The van der Waals surface area contributed by atoms with Gasteiger partial charge < -0.3 is 36.8 Å². The molecule has 2 aromatic carbocycles. The molecule has 0 aliphatic heterocycles. The van der Waals surface area contributed by atoms with Gasteiger partial charge in [0, 0.05) is 41.8 Å². The third kappa shape index (κ3) is 8.94. The Morgan fingerprint density at radius 1 is 0.864 bits per heavy atom. The summed E-state index contributed by atoms with van der Waals surface area (Å²) < 4.78 is 0. The number of imidazole rings is 1. The van der Waals surface area contributed by atoms with E-state index < -0.39 is 47.9 Å². The van der Waals surface area contributed by atoms with Gasteiger partial charge in [-0.1, -0.05) is 48.5 Å². The van der Waals surface area contributed by atoms with E-state index in [4.69, 9.17) is 5.73 Å². The van der Waals surface area contributed by atoms with Crippen LogP contribution in [0.1, 0.15) is 23.2 Å². The quantitative estimate of drug-likeness (QED) is 0.0981. The molecule has 4 aromatic rings. The van der Waals surface area contributed by atoms with Gasteiger partial charge in [-0.3, -0.25) is 14.4 Å². The number of aromatic amines is 2. The van der Waals surface area contributed by atoms with Crippen LogP contribution < -0.4 is 21.7 Å². The predicted molar refractivity (Wildman–Crippen MR) is 169 cm³/mol. The summed E-state index contributed by atoms with van der Waals surface area (Å²) in [4.78, 5) is 62.0. The van der Waals surface area contributed by atoms with Crippen LogP contribution in [0, 0.1) is 0 Å². The first kappa shape index (κ1) is 32.3. The average Bonchev–Trinajstić information content (AvgIpc) is 3.69. The van der Waals surface area contributed by atoms with Crippen molar-refractivity contribution >= 4 is 46.4 Å². The number of aliphatic carboxylic acids is 1. The molecule has 0 bridgehead atoms. The highest BCUT2D eigenvalue weighted by Gasteiger charge is 2.31. The Kier molecular flexibility index (Phi) is 11.5. The second-order valence-corrected chi connectivity index (χ2v) is 11.4. The van der Waals surface area contributed by atoms with Crippen LogP contribution in [0.4, 0.5) is 0 Å². The zero-order valence-electron chi connectivity index (χ0n) is 24.3. The summed E-state index contributed by atoms with van der Waals surface area (Å²) in [5.74, 6) is -2.42. The van der Waals surface area contributed by atoms with Crippen LogP contribution in [0.15, 0.2) is 73.3 Å². The van der Waals surface area contributed by atoms with Crippen molar-refractivity contribution in [3.05, 3.63) is 90.1 Å². The van der Waals surface area contributed by atoms with Crippen LogP contribution in [0.3, 0.4) is 0 Å². The molecule has 4 rings (SSSR count). The third-order valence-corrected chi connectivity index (χ3v) is 7.85. The molecule has 4 unspecified atom stereocenters. The smallest absolute Gasteiger partial charge is 0.326 e. The van der Waals surface area contributed by atoms with E-state index in [2.05, 4.69) is 30.9 Å². The summed E-state index contributed by atoms with van der Waals surface area (Å²) in [7, 11) is 0. The number of carboxylic acid groups (broad SMARTS) is 1. The molecule has 0 saturated carbocycles. The van der Waals surface area contributed by atoms with E-state index >= 15 is 0 Å². The van der Waals surface area contributed by atoms with Crippen molar-refractivity contribution in [1.82, 2.24) is 30.9 Å². The highest BCUT2D eigenvalue weighted by atomic mass is 32.2. The van der Waals surface area contributed by atoms with Crippen molar-refractivity contribution in [2.45, 2.75) is 49.9 Å². The minimum absolute atomic E-state index is 0.00866. The van der Waals surface area contributed by atoms with Crippen molar-refractivity contribution < 1.29 is 24.3 Å². The summed E-state index contributed by atoms with van der Waals surface area (Å²) in [6, 6.07) is 12.6. The Morgan fingerprint density at radius 3 is 2.25 bits per heavy atom. The average molecular weight is 620 g/mol. The number of thioether (sulfide) groups is 1. The Hall–Kier alpha value is -4.62. The summed E-state index contributed by atoms with van der Waals surface area (Å²) >= 11 is 1.48. The van der Waals surface area contributed by atoms with Gasteiger partial charge in [0.25, 0.3) is 0 Å². The number of carboxylic acids is 1. The molecule has 2 heterocycles. The Morgan fingerprint density at radius 2 is 1.55 bits per heavy atom. The van der Waals surface area contributed by atoms with E-state index in [0.29, 0.717) is 11.4 Å². The molecule has 4 atom stereocenters. The second-order valence-electron chi connectivity index (χ2n) is 10.4. The van der Waals surface area contributed by atoms with Crippen molar-refractivity contribution in [2.75, 3.05) is 12.0 Å². The number of amides is 3. The zero-order chi connectivity index (χ0) is 31.5. The molecule has 0 aliphatic carbocycles. The van der Waals surface area contributed by atoms with Gasteiger partial charge in [0.2, 0.25) is 17.7 Å². The lowest BCUT2D eigenvalue weighted by Gasteiger charge is -2.25. The number of hydrogen-bond donors (Lipinski definition) is 7. The molecule has 0 saturated heterocycles. The minimum Gasteiger partial charge on any atom is -0.480 e. The Labute approximate surface area is 259 Å². The van der Waals surface area contributed by atoms with Gasteiger partial charge >= 0.3 is 5.97 Å². The maximum absolute atomic E-state index is 13.7. The van der Waals surface area contributed by atoms with Crippen LogP contribution in [-0.4, -0.2) is 79.9 Å². The van der Waals surface area contributed by atoms with Gasteiger partial charge in [-0.2, -0.15) is 11.8 Å². The number of nitrogens with one attached hydrogen (secondary N) is 5. The molecule has 13 heteroatoms. The maximum atomic E-state index is 13.7. The molecule has 3 amide bonds. The summed E-state index contributed by atoms with van der Waals surface area (Å²) in [5.41, 5.74) is 9.46. The number of carbonyl (C=O) groups excluding carboxylic acids is 3. The van der Waals surface area contributed by atoms with E-state index in [0.717, 1.165) is 22.0 Å². The fourth-order valence-electron chi connectivity index (χ4n) is 4.83. The number of para-hydroxylation sites is 1. The number of H-pyrrole nitrogens is 2. The highest BCUT2D eigenvalue weighted by Crippen LogP contribution is 2.19. The number of nitrogens with zero attached hydrogens (tertiary/aromatic N) is 1. The van der Waals surface area contributed by atoms with Crippen molar-refractivity contribution in [2.24, 2.45) is 5.73 Å². The van der Waals surface area contributed by atoms with Crippen LogP contribution >= 0.6 is 11.8 Å². The number of benzene rings is 2. The monoisotopic (exact) mass is 619 g/mol. The number of aromatic nitrogens is 3. The van der Waals surface area contributed by atoms with Crippen LogP contribution in [0.25, 0.3) is 10.9 Å². The summed E-state index contributed by atoms with van der Waals surface area (Å²) in [5, 5.41) is 18.7. The first-order valence-corrected chi connectivity index (χ1v) is 15.6. The minimum atomic E-state index is -1.24. The Balaban J connectivity index is 1.47. The maximum Gasteiger partial charge on any atom is 0.326 e. The van der Waals surface area contributed by atoms with Gasteiger partial charge in [-0.15, -0.1) is 0 Å². The fourth-order valence-corrected chi connectivity index (χ4v) is 5.30. The SMILES string of the molecule is CSCCC(NC(=O)C(Cc1ccccc1)NC(=O)C(N)Cc1c[nH]c2ccccc12)C(=O)NC(Cc1cnc[nH]1)C(=O)O. The van der Waals surface area contributed by atoms with Gasteiger partial charge in [-0.05, 0) is 42.0 Å². The van der Waals surface area contributed by atoms with Gasteiger partial charge in [0.05, 0.1) is 12.4 Å². The zero-order valence-corrected chi connectivity index (χ0v) is 25.1. The van der Waals surface area contributed by atoms with E-state index in [1.165, 1.54) is 24.3 Å². The van der Waals surface area contributed by atoms with Crippen LogP contribution in [0.5, 0.6) is 0 Å². The number of fused-ring (bicyclic) bond motifs is 1. The number of nitrogens with two attached hydrogens (primary N) is 1. The van der Waals surface area contributed by atoms with Gasteiger partial charge in [0.15, 0.2) is 0 Å². The molecule has 0 aliphatic rings. The van der Waals surface area contributed by atoms with Crippen LogP contribution in [-0.2, 0) is 38.4 Å². The van der Waals surface area contributed by atoms with Crippen molar-refractivity contribution in [1.29, 1.82) is 0 Å². The predicted octanol–water partition coefficient (Wildman–Crippen LogP) is 1.54. The molecule has 44 heavy (non-hydrogen) atoms. The number of hydrogen-bond acceptors (Lipinski definition) is 7. The van der Waals surface area contributed by atoms with E-state index in [-0.39, 0.29) is 25.7 Å². The standard InChI is InChI=1S/C31H37N7O5S/c1-44-12-11-25(29(40)38-27(31(42)43)15-21-17-33-18-35-21)36-30(41)26(13-19-7-3-2-4-8-19)37-28(39)23(32)14-20-16-34-24-10-6-5-9-22(20)24/h2-10,16-18,23,25-27,34H,11-15,32H2,1H3,(H,33,35)(H,36,41)(H,37,39)(H,38,40)(H,42,43). The first-order chi connectivity index (χ1) is 21.2. The van der Waals surface area contributed by atoms with Crippen LogP contribution in [0.2, 0.25) is 0 Å². The topological polar surface area (TPSA) is 195 Å². The summed E-state index contributed by atoms with van der Waals surface area (Å²) in [6.45, 7) is 0. The molecule has 0 fully saturated rings. The molecule has 2 aromatic heterocycles. The lowest BCUT2D eigenvalue weighted by Crippen LogP contribution is -2.58. The highest BCUT2D eigenvalue weighted by molar-refractivity contribution is 7.98. The van der Waals surface area contributed by atoms with E-state index in [9.17, 15) is 24.3 Å². The molecular formula is C31H37N7O5S. The van der Waals surface area contributed by atoms with E-state index in [1.807, 2.05) is 67.0 Å². The molecule has 0 radical (unpaired) electrons. The molecule has 232 valence electrons. The molecule has 8 N–H and O–H groups in total. The van der Waals surface area contributed by atoms with E-state index in [1.54, 1.807) is 0 Å². The summed E-state index contributed by atoms with van der Waals surface area (Å²) in [6.07, 6.45) is 7.24. The first-order valence-electron chi connectivity index (χ1n) is 14.2. The lowest BCUT2D eigenvalue weighted by atomic mass is 10.0. The molecular weight excluding hydrogens is 582 g/mol. The molecule has 12 nitrogen and oxygen atoms in total. The van der Waals surface area contributed by atoms with Crippen molar-refractivity contribution in [3.8, 4) is 0 Å². The number of rotatable bonds is 16. The van der Waals surface area contributed by atoms with Gasteiger partial charge in [-0.25, -0.2) is 9.78 Å². The fraction of sp³-hybridized carbons (Fsp3) is 0.323. The Bertz CT molecular complexity index is 1540. The van der Waals surface area contributed by atoms with Gasteiger partial charge in [0.1, 0.15) is 18.1 Å². The van der Waals surface area contributed by atoms with Crippen molar-refractivity contribution in [3.63, 3.8) is 0 Å². The lowest BCUT2D eigenvalue weighted by molar-refractivity contribution is -0.142. The second kappa shape index (κ2) is 15.7. The third-order valence-electron chi connectivity index (χ3n) is 7.20. The normalized spacial score (nSPS) is 13.9. The number of carbonyl (C=O) groups is 4.